The van der Waals surface area contributed by atoms with Crippen molar-refractivity contribution in [2.45, 2.75) is 13.5 Å². The van der Waals surface area contributed by atoms with Crippen LogP contribution >= 0.6 is 0 Å². The number of hydrogen-bond acceptors (Lipinski definition) is 3. The molecule has 4 rings (SSSR count). The van der Waals surface area contributed by atoms with Crippen molar-refractivity contribution in [2.75, 3.05) is 0 Å². The highest BCUT2D eigenvalue weighted by Crippen LogP contribution is 2.22. The van der Waals surface area contributed by atoms with Gasteiger partial charge < -0.3 is 9.88 Å². The van der Waals surface area contributed by atoms with Gasteiger partial charge in [0.25, 0.3) is 5.91 Å². The number of benzene rings is 1. The van der Waals surface area contributed by atoms with Crippen LogP contribution in [0.15, 0.2) is 73.1 Å². The fourth-order valence-electron chi connectivity index (χ4n) is 3.04. The van der Waals surface area contributed by atoms with Crippen LogP contribution in [0.5, 0.6) is 0 Å². The first kappa shape index (κ1) is 17.7. The fraction of sp³-hybridized carbons (Fsp3) is 0.136. The van der Waals surface area contributed by atoms with E-state index < -0.39 is 0 Å². The summed E-state index contributed by atoms with van der Waals surface area (Å²) in [4.78, 5) is 17.2. The third kappa shape index (κ3) is 3.57. The molecule has 3 aromatic heterocycles. The number of pyridine rings is 1. The average molecular weight is 371 g/mol. The molecule has 0 saturated carbocycles. The normalized spacial score (nSPS) is 10.8. The first-order valence-electron chi connectivity index (χ1n) is 9.09. The molecule has 28 heavy (non-hydrogen) atoms. The Kier molecular flexibility index (Phi) is 4.76. The molecule has 0 unspecified atom stereocenters. The van der Waals surface area contributed by atoms with Crippen molar-refractivity contribution in [3.05, 3.63) is 90.0 Å². The molecule has 1 amide bonds. The molecular weight excluding hydrogens is 350 g/mol. The van der Waals surface area contributed by atoms with Crippen molar-refractivity contribution in [1.82, 2.24) is 24.6 Å². The van der Waals surface area contributed by atoms with Crippen molar-refractivity contribution in [1.29, 1.82) is 0 Å². The molecule has 0 atom stereocenters. The van der Waals surface area contributed by atoms with Gasteiger partial charge in [0.15, 0.2) is 0 Å². The van der Waals surface area contributed by atoms with E-state index in [4.69, 9.17) is 5.10 Å². The van der Waals surface area contributed by atoms with E-state index in [-0.39, 0.29) is 5.91 Å². The maximum absolute atomic E-state index is 12.9. The van der Waals surface area contributed by atoms with E-state index in [1.165, 1.54) is 0 Å². The summed E-state index contributed by atoms with van der Waals surface area (Å²) >= 11 is 0. The molecule has 0 radical (unpaired) electrons. The minimum atomic E-state index is -0.195. The Hall–Kier alpha value is -3.67. The summed E-state index contributed by atoms with van der Waals surface area (Å²) in [6, 6.07) is 19.3. The number of aromatic nitrogens is 4. The second kappa shape index (κ2) is 7.52. The number of carbonyl (C=O) groups excluding carboxylic acids is 1. The zero-order valence-electron chi connectivity index (χ0n) is 15.8. The Bertz CT molecular complexity index is 1090. The number of nitrogens with zero attached hydrogens (tertiary/aromatic N) is 4. The lowest BCUT2D eigenvalue weighted by Crippen LogP contribution is -2.25. The van der Waals surface area contributed by atoms with E-state index in [2.05, 4.69) is 10.3 Å². The van der Waals surface area contributed by atoms with Gasteiger partial charge in [0.2, 0.25) is 0 Å². The van der Waals surface area contributed by atoms with Gasteiger partial charge in [-0.2, -0.15) is 5.10 Å². The van der Waals surface area contributed by atoms with Crippen LogP contribution in [0, 0.1) is 6.92 Å². The molecule has 0 aliphatic carbocycles. The largest absolute Gasteiger partial charge is 0.349 e. The second-order valence-corrected chi connectivity index (χ2v) is 6.67. The maximum Gasteiger partial charge on any atom is 0.270 e. The van der Waals surface area contributed by atoms with E-state index in [1.54, 1.807) is 10.9 Å². The number of aryl methyl sites for hydroxylation is 2. The van der Waals surface area contributed by atoms with Crippen molar-refractivity contribution in [3.63, 3.8) is 0 Å². The van der Waals surface area contributed by atoms with Crippen molar-refractivity contribution in [3.8, 4) is 17.1 Å². The molecule has 1 aromatic carbocycles. The van der Waals surface area contributed by atoms with Crippen molar-refractivity contribution >= 4 is 5.91 Å². The van der Waals surface area contributed by atoms with Crippen LogP contribution in [-0.2, 0) is 13.6 Å². The molecule has 6 heteroatoms. The summed E-state index contributed by atoms with van der Waals surface area (Å²) in [5, 5.41) is 7.65. The van der Waals surface area contributed by atoms with E-state index in [9.17, 15) is 4.79 Å². The summed E-state index contributed by atoms with van der Waals surface area (Å²) in [5.41, 5.74) is 4.98. The van der Waals surface area contributed by atoms with Crippen LogP contribution in [0.2, 0.25) is 0 Å². The maximum atomic E-state index is 12.9. The van der Waals surface area contributed by atoms with Crippen LogP contribution in [0.3, 0.4) is 0 Å². The predicted molar refractivity (Wildman–Crippen MR) is 108 cm³/mol. The second-order valence-electron chi connectivity index (χ2n) is 6.67. The summed E-state index contributed by atoms with van der Waals surface area (Å²) in [6.07, 6.45) is 3.67. The molecule has 140 valence electrons. The number of rotatable bonds is 5. The number of carbonyl (C=O) groups is 1. The van der Waals surface area contributed by atoms with Gasteiger partial charge in [-0.05, 0) is 49.4 Å². The molecule has 0 fully saturated rings. The Morgan fingerprint density at radius 3 is 2.57 bits per heavy atom. The Morgan fingerprint density at radius 1 is 1.07 bits per heavy atom. The topological polar surface area (TPSA) is 64.7 Å². The standard InChI is InChI=1S/C22H21N5O/c1-16-8-10-18(11-9-16)27-21(14-19(25-27)20-7-5-13-26(20)2)22(28)24-15-17-6-3-4-12-23-17/h3-14H,15H2,1-2H3,(H,24,28). The highest BCUT2D eigenvalue weighted by Gasteiger charge is 2.18. The van der Waals surface area contributed by atoms with Gasteiger partial charge in [-0.15, -0.1) is 0 Å². The zero-order valence-corrected chi connectivity index (χ0v) is 15.8. The van der Waals surface area contributed by atoms with Gasteiger partial charge in [0.05, 0.1) is 23.6 Å². The minimum Gasteiger partial charge on any atom is -0.349 e. The highest BCUT2D eigenvalue weighted by molar-refractivity contribution is 5.94. The number of hydrogen-bond donors (Lipinski definition) is 1. The summed E-state index contributed by atoms with van der Waals surface area (Å²) in [5.74, 6) is -0.195. The third-order valence-corrected chi connectivity index (χ3v) is 4.58. The Balaban J connectivity index is 1.69. The monoisotopic (exact) mass is 371 g/mol. The van der Waals surface area contributed by atoms with Crippen LogP contribution < -0.4 is 5.32 Å². The zero-order chi connectivity index (χ0) is 19.5. The third-order valence-electron chi connectivity index (χ3n) is 4.58. The smallest absolute Gasteiger partial charge is 0.270 e. The number of nitrogens with one attached hydrogen (secondary N) is 1. The van der Waals surface area contributed by atoms with Gasteiger partial charge in [0, 0.05) is 19.4 Å². The van der Waals surface area contributed by atoms with Gasteiger partial charge in [-0.1, -0.05) is 23.8 Å². The lowest BCUT2D eigenvalue weighted by molar-refractivity contribution is 0.0942. The molecular formula is C22H21N5O. The molecule has 0 spiro atoms. The summed E-state index contributed by atoms with van der Waals surface area (Å²) < 4.78 is 3.67. The predicted octanol–water partition coefficient (Wildman–Crippen LogP) is 3.51. The lowest BCUT2D eigenvalue weighted by Gasteiger charge is -2.08. The van der Waals surface area contributed by atoms with E-state index in [1.807, 2.05) is 85.4 Å². The molecule has 1 N–H and O–H groups in total. The highest BCUT2D eigenvalue weighted by atomic mass is 16.2. The van der Waals surface area contributed by atoms with Gasteiger partial charge >= 0.3 is 0 Å². The van der Waals surface area contributed by atoms with Crippen LogP contribution in [0.25, 0.3) is 17.1 Å². The van der Waals surface area contributed by atoms with E-state index >= 15 is 0 Å². The Morgan fingerprint density at radius 2 is 1.89 bits per heavy atom. The average Bonchev–Trinajstić information content (AvgIpc) is 3.34. The summed E-state index contributed by atoms with van der Waals surface area (Å²) in [6.45, 7) is 2.39. The fourth-order valence-corrected chi connectivity index (χ4v) is 3.04. The quantitative estimate of drug-likeness (QED) is 0.584. The first-order valence-corrected chi connectivity index (χ1v) is 9.09. The minimum absolute atomic E-state index is 0.195. The van der Waals surface area contributed by atoms with Crippen LogP contribution in [0.1, 0.15) is 21.7 Å². The first-order chi connectivity index (χ1) is 13.6. The number of amides is 1. The molecule has 4 aromatic rings. The van der Waals surface area contributed by atoms with Gasteiger partial charge in [0.1, 0.15) is 11.4 Å². The lowest BCUT2D eigenvalue weighted by atomic mass is 10.2. The van der Waals surface area contributed by atoms with Gasteiger partial charge in [-0.25, -0.2) is 4.68 Å². The Labute approximate surface area is 163 Å². The molecule has 0 aliphatic rings. The molecule has 3 heterocycles. The summed E-state index contributed by atoms with van der Waals surface area (Å²) in [7, 11) is 1.96. The van der Waals surface area contributed by atoms with Crippen molar-refractivity contribution < 1.29 is 4.79 Å². The molecule has 0 bridgehead atoms. The SMILES string of the molecule is Cc1ccc(-n2nc(-c3cccn3C)cc2C(=O)NCc2ccccn2)cc1. The van der Waals surface area contributed by atoms with Crippen molar-refractivity contribution in [2.24, 2.45) is 7.05 Å². The molecule has 0 aliphatic heterocycles. The van der Waals surface area contributed by atoms with E-state index in [0.717, 1.165) is 28.3 Å². The van der Waals surface area contributed by atoms with Gasteiger partial charge in [-0.3, -0.25) is 9.78 Å². The molecule has 6 nitrogen and oxygen atoms in total. The van der Waals surface area contributed by atoms with Crippen LogP contribution in [-0.4, -0.2) is 25.2 Å². The van der Waals surface area contributed by atoms with Crippen LogP contribution in [0.4, 0.5) is 0 Å². The molecule has 0 saturated heterocycles. The van der Waals surface area contributed by atoms with E-state index in [0.29, 0.717) is 12.2 Å².